The van der Waals surface area contributed by atoms with E-state index in [2.05, 4.69) is 0 Å². The van der Waals surface area contributed by atoms with Crippen LogP contribution in [0.5, 0.6) is 23.0 Å². The Labute approximate surface area is 181 Å². The van der Waals surface area contributed by atoms with Crippen LogP contribution in [0.3, 0.4) is 0 Å². The molecule has 0 N–H and O–H groups in total. The van der Waals surface area contributed by atoms with Gasteiger partial charge in [0.2, 0.25) is 5.75 Å². The van der Waals surface area contributed by atoms with Crippen LogP contribution in [0.2, 0.25) is 0 Å². The van der Waals surface area contributed by atoms with E-state index in [0.717, 1.165) is 5.56 Å². The van der Waals surface area contributed by atoms with Gasteiger partial charge in [-0.15, -0.1) is 0 Å². The van der Waals surface area contributed by atoms with Crippen LogP contribution >= 0.6 is 0 Å². The van der Waals surface area contributed by atoms with Crippen LogP contribution < -0.4 is 18.9 Å². The predicted octanol–water partition coefficient (Wildman–Crippen LogP) is 3.11. The minimum atomic E-state index is -1.26. The Morgan fingerprint density at radius 2 is 1.58 bits per heavy atom. The van der Waals surface area contributed by atoms with E-state index < -0.39 is 23.5 Å². The van der Waals surface area contributed by atoms with Crippen molar-refractivity contribution >= 4 is 11.9 Å². The van der Waals surface area contributed by atoms with Crippen LogP contribution in [-0.2, 0) is 25.5 Å². The highest BCUT2D eigenvalue weighted by atomic mass is 16.6. The molecule has 8 heteroatoms. The summed E-state index contributed by atoms with van der Waals surface area (Å²) in [6.45, 7) is 0. The second-order valence-electron chi connectivity index (χ2n) is 7.18. The normalized spacial score (nSPS) is 20.0. The lowest BCUT2D eigenvalue weighted by Crippen LogP contribution is -2.37. The van der Waals surface area contributed by atoms with Crippen molar-refractivity contribution in [3.05, 3.63) is 47.5 Å². The number of benzene rings is 2. The van der Waals surface area contributed by atoms with E-state index in [1.165, 1.54) is 28.4 Å². The van der Waals surface area contributed by atoms with Gasteiger partial charge in [0, 0.05) is 5.56 Å². The first-order valence-electron chi connectivity index (χ1n) is 9.63. The Balaban J connectivity index is 2.12. The lowest BCUT2D eigenvalue weighted by molar-refractivity contribution is -0.157. The highest BCUT2D eigenvalue weighted by Gasteiger charge is 2.56. The van der Waals surface area contributed by atoms with Crippen molar-refractivity contribution in [2.75, 3.05) is 35.5 Å². The molecule has 0 spiro atoms. The Bertz CT molecular complexity index is 928. The number of hydrogen-bond donors (Lipinski definition) is 0. The van der Waals surface area contributed by atoms with Crippen LogP contribution in [-0.4, -0.2) is 47.5 Å². The monoisotopic (exact) mass is 430 g/mol. The fourth-order valence-electron chi connectivity index (χ4n) is 3.99. The molecule has 2 aromatic carbocycles. The smallest absolute Gasteiger partial charge is 0.316 e. The number of hydrogen-bond acceptors (Lipinski definition) is 8. The van der Waals surface area contributed by atoms with Gasteiger partial charge in [0.25, 0.3) is 0 Å². The van der Waals surface area contributed by atoms with Gasteiger partial charge in [0.05, 0.1) is 42.0 Å². The van der Waals surface area contributed by atoms with Crippen molar-refractivity contribution in [1.29, 1.82) is 0 Å². The van der Waals surface area contributed by atoms with E-state index in [1.807, 2.05) is 12.1 Å². The first-order chi connectivity index (χ1) is 14.9. The van der Waals surface area contributed by atoms with E-state index in [-0.39, 0.29) is 12.8 Å². The quantitative estimate of drug-likeness (QED) is 0.590. The molecule has 8 nitrogen and oxygen atoms in total. The third-order valence-electron chi connectivity index (χ3n) is 5.47. The average Bonchev–Trinajstić information content (AvgIpc) is 3.14. The van der Waals surface area contributed by atoms with Crippen molar-refractivity contribution < 1.29 is 38.0 Å². The van der Waals surface area contributed by atoms with Crippen LogP contribution in [0.1, 0.15) is 23.7 Å². The van der Waals surface area contributed by atoms with Gasteiger partial charge in [0.15, 0.2) is 11.5 Å². The van der Waals surface area contributed by atoms with Gasteiger partial charge < -0.3 is 28.4 Å². The molecule has 1 fully saturated rings. The molecule has 166 valence electrons. The van der Waals surface area contributed by atoms with Crippen molar-refractivity contribution in [1.82, 2.24) is 0 Å². The van der Waals surface area contributed by atoms with Crippen LogP contribution in [0.15, 0.2) is 36.4 Å². The maximum absolute atomic E-state index is 13.1. The zero-order chi connectivity index (χ0) is 22.6. The Morgan fingerprint density at radius 3 is 2.06 bits per heavy atom. The molecule has 0 radical (unpaired) electrons. The Kier molecular flexibility index (Phi) is 6.58. The molecule has 2 atom stereocenters. The second kappa shape index (κ2) is 9.16. The summed E-state index contributed by atoms with van der Waals surface area (Å²) in [7, 11) is 7.36. The summed E-state index contributed by atoms with van der Waals surface area (Å²) in [6, 6.07) is 10.6. The molecule has 1 saturated heterocycles. The topological polar surface area (TPSA) is 89.5 Å². The van der Waals surface area contributed by atoms with Gasteiger partial charge in [-0.2, -0.15) is 0 Å². The molecule has 31 heavy (non-hydrogen) atoms. The molecule has 0 bridgehead atoms. The minimum absolute atomic E-state index is 0.118. The van der Waals surface area contributed by atoms with Gasteiger partial charge in [-0.25, -0.2) is 0 Å². The molecule has 0 aromatic heterocycles. The van der Waals surface area contributed by atoms with Crippen LogP contribution in [0.25, 0.3) is 0 Å². The number of ether oxygens (including phenoxy) is 6. The molecular formula is C23H26O8. The van der Waals surface area contributed by atoms with Crippen molar-refractivity contribution in [3.8, 4) is 23.0 Å². The number of esters is 2. The highest BCUT2D eigenvalue weighted by molar-refractivity contribution is 5.88. The van der Waals surface area contributed by atoms with Crippen LogP contribution in [0.4, 0.5) is 0 Å². The molecule has 2 unspecified atom stereocenters. The summed E-state index contributed by atoms with van der Waals surface area (Å²) in [6.07, 6.45) is -0.785. The van der Waals surface area contributed by atoms with Gasteiger partial charge in [0.1, 0.15) is 17.3 Å². The number of cyclic esters (lactones) is 1. The first kappa shape index (κ1) is 22.3. The van der Waals surface area contributed by atoms with Crippen molar-refractivity contribution in [2.45, 2.75) is 18.9 Å². The number of methoxy groups -OCH3 is 5. The maximum Gasteiger partial charge on any atom is 0.316 e. The lowest BCUT2D eigenvalue weighted by atomic mass is 9.73. The molecule has 0 saturated carbocycles. The van der Waals surface area contributed by atoms with Gasteiger partial charge in [-0.05, 0) is 36.2 Å². The highest BCUT2D eigenvalue weighted by Crippen LogP contribution is 2.52. The standard InChI is InChI=1S/C23H26O8/c1-26-16-8-6-14(7-9-16)12-23(22(25)30-5)13-19(24)31-21(23)15-10-17(27-2)20(29-4)18(11-15)28-3/h6-11,21H,12-13H2,1-5H3. The SMILES string of the molecule is COC(=O)C1(Cc2ccc(OC)cc2)CC(=O)OC1c1cc(OC)c(OC)c(OC)c1. The van der Waals surface area contributed by atoms with E-state index in [0.29, 0.717) is 28.6 Å². The molecule has 0 amide bonds. The number of rotatable bonds is 8. The third-order valence-corrected chi connectivity index (χ3v) is 5.47. The molecule has 1 aliphatic rings. The summed E-state index contributed by atoms with van der Waals surface area (Å²) in [5, 5.41) is 0. The minimum Gasteiger partial charge on any atom is -0.497 e. The maximum atomic E-state index is 13.1. The number of carbonyl (C=O) groups excluding carboxylic acids is 2. The van der Waals surface area contributed by atoms with E-state index in [9.17, 15) is 9.59 Å². The molecule has 2 aromatic rings. The molecular weight excluding hydrogens is 404 g/mol. The third kappa shape index (κ3) is 4.10. The molecule has 3 rings (SSSR count). The zero-order valence-corrected chi connectivity index (χ0v) is 18.2. The lowest BCUT2D eigenvalue weighted by Gasteiger charge is -2.31. The van der Waals surface area contributed by atoms with E-state index in [4.69, 9.17) is 28.4 Å². The fourth-order valence-corrected chi connectivity index (χ4v) is 3.99. The van der Waals surface area contributed by atoms with E-state index in [1.54, 1.807) is 31.4 Å². The second-order valence-corrected chi connectivity index (χ2v) is 7.18. The molecule has 1 aliphatic heterocycles. The summed E-state index contributed by atoms with van der Waals surface area (Å²) < 4.78 is 32.2. The summed E-state index contributed by atoms with van der Waals surface area (Å²) >= 11 is 0. The Hall–Kier alpha value is -3.42. The van der Waals surface area contributed by atoms with Gasteiger partial charge in [-0.3, -0.25) is 9.59 Å². The largest absolute Gasteiger partial charge is 0.497 e. The van der Waals surface area contributed by atoms with Gasteiger partial charge in [-0.1, -0.05) is 12.1 Å². The predicted molar refractivity (Wildman–Crippen MR) is 111 cm³/mol. The molecule has 1 heterocycles. The molecule has 0 aliphatic carbocycles. The summed E-state index contributed by atoms with van der Waals surface area (Å²) in [4.78, 5) is 25.5. The zero-order valence-electron chi connectivity index (χ0n) is 18.2. The van der Waals surface area contributed by atoms with Gasteiger partial charge >= 0.3 is 11.9 Å². The van der Waals surface area contributed by atoms with E-state index >= 15 is 0 Å². The number of carbonyl (C=O) groups is 2. The van der Waals surface area contributed by atoms with Crippen LogP contribution in [0, 0.1) is 5.41 Å². The van der Waals surface area contributed by atoms with Crippen molar-refractivity contribution in [3.63, 3.8) is 0 Å². The summed E-state index contributed by atoms with van der Waals surface area (Å²) in [5.74, 6) is 0.851. The van der Waals surface area contributed by atoms with Crippen molar-refractivity contribution in [2.24, 2.45) is 5.41 Å². The Morgan fingerprint density at radius 1 is 0.968 bits per heavy atom. The fraction of sp³-hybridized carbons (Fsp3) is 0.391. The average molecular weight is 430 g/mol. The summed E-state index contributed by atoms with van der Waals surface area (Å²) in [5.41, 5.74) is 0.117. The first-order valence-corrected chi connectivity index (χ1v) is 9.63.